The van der Waals surface area contributed by atoms with E-state index in [1.165, 1.54) is 11.1 Å². The lowest BCUT2D eigenvalue weighted by atomic mass is 9.84. The van der Waals surface area contributed by atoms with E-state index in [1.54, 1.807) is 12.0 Å². The van der Waals surface area contributed by atoms with Crippen molar-refractivity contribution in [2.75, 3.05) is 40.4 Å². The van der Waals surface area contributed by atoms with E-state index in [4.69, 9.17) is 14.2 Å². The first-order chi connectivity index (χ1) is 16.7. The van der Waals surface area contributed by atoms with Crippen molar-refractivity contribution in [1.29, 1.82) is 0 Å². The van der Waals surface area contributed by atoms with E-state index in [-0.39, 0.29) is 17.3 Å². The molecule has 2 heterocycles. The monoisotopic (exact) mass is 482 g/mol. The number of ether oxygens (including phenoxy) is 3. The van der Waals surface area contributed by atoms with Crippen LogP contribution >= 0.6 is 0 Å². The second-order valence-corrected chi connectivity index (χ2v) is 10.3. The van der Waals surface area contributed by atoms with Gasteiger partial charge < -0.3 is 24.4 Å². The summed E-state index contributed by atoms with van der Waals surface area (Å²) in [6.07, 6.45) is 3.46. The van der Waals surface area contributed by atoms with Crippen molar-refractivity contribution in [3.05, 3.63) is 71.8 Å². The highest BCUT2D eigenvalue weighted by atomic mass is 16.6. The number of carbonyl (C=O) groups excluding carboxylic acids is 1. The van der Waals surface area contributed by atoms with Crippen molar-refractivity contribution >= 4 is 6.09 Å². The number of nitrogens with one attached hydrogen (secondary N) is 1. The molecule has 2 aliphatic rings. The number of piperidine rings is 2. The highest BCUT2D eigenvalue weighted by Crippen LogP contribution is 2.36. The molecule has 0 aromatic heterocycles. The van der Waals surface area contributed by atoms with E-state index in [0.29, 0.717) is 13.1 Å². The first-order valence-corrected chi connectivity index (χ1v) is 12.6. The molecule has 4 rings (SSSR count). The molecule has 0 aliphatic carbocycles. The van der Waals surface area contributed by atoms with Crippen LogP contribution < -0.4 is 5.32 Å². The largest absolute Gasteiger partial charge is 0.444 e. The Hall–Kier alpha value is -2.41. The summed E-state index contributed by atoms with van der Waals surface area (Å²) < 4.78 is 17.0. The van der Waals surface area contributed by atoms with Gasteiger partial charge >= 0.3 is 6.09 Å². The maximum absolute atomic E-state index is 12.1. The zero-order valence-corrected chi connectivity index (χ0v) is 22.0. The van der Waals surface area contributed by atoms with Gasteiger partial charge in [0.05, 0.1) is 11.2 Å². The molecule has 1 amide bonds. The molecule has 0 radical (unpaired) electrons. The van der Waals surface area contributed by atoms with Gasteiger partial charge in [-0.15, -0.1) is 0 Å². The number of methoxy groups -OCH3 is 2. The van der Waals surface area contributed by atoms with Crippen LogP contribution in [0.2, 0.25) is 0 Å². The Morgan fingerprint density at radius 1 is 0.771 bits per heavy atom. The van der Waals surface area contributed by atoms with Gasteiger partial charge in [-0.1, -0.05) is 60.7 Å². The second-order valence-electron chi connectivity index (χ2n) is 10.3. The van der Waals surface area contributed by atoms with Crippen molar-refractivity contribution < 1.29 is 19.0 Å². The van der Waals surface area contributed by atoms with Crippen molar-refractivity contribution in [3.8, 4) is 0 Å². The minimum atomic E-state index is -0.452. The summed E-state index contributed by atoms with van der Waals surface area (Å²) in [7, 11) is 3.56. The Labute approximate surface area is 210 Å². The molecule has 0 bridgehead atoms. The highest BCUT2D eigenvalue weighted by molar-refractivity contribution is 5.68. The minimum absolute atomic E-state index is 0.0491. The summed E-state index contributed by atoms with van der Waals surface area (Å²) in [5, 5.41) is 3.36. The second kappa shape index (κ2) is 12.0. The van der Waals surface area contributed by atoms with Crippen molar-refractivity contribution in [1.82, 2.24) is 10.2 Å². The summed E-state index contributed by atoms with van der Waals surface area (Å²) in [5.74, 6) is 0. The molecule has 2 fully saturated rings. The Morgan fingerprint density at radius 3 is 1.60 bits per heavy atom. The molecule has 2 saturated heterocycles. The van der Waals surface area contributed by atoms with Gasteiger partial charge in [-0.25, -0.2) is 4.79 Å². The maximum atomic E-state index is 12.1. The van der Waals surface area contributed by atoms with Gasteiger partial charge in [0, 0.05) is 27.3 Å². The quantitative estimate of drug-likeness (QED) is 0.626. The van der Waals surface area contributed by atoms with Gasteiger partial charge in [-0.3, -0.25) is 0 Å². The van der Waals surface area contributed by atoms with Gasteiger partial charge in [0.1, 0.15) is 5.60 Å². The predicted molar refractivity (Wildman–Crippen MR) is 139 cm³/mol. The van der Waals surface area contributed by atoms with Crippen molar-refractivity contribution in [3.63, 3.8) is 0 Å². The van der Waals surface area contributed by atoms with Crippen molar-refractivity contribution in [2.45, 2.75) is 63.3 Å². The van der Waals surface area contributed by atoms with Crippen LogP contribution in [0.3, 0.4) is 0 Å². The molecule has 6 heteroatoms. The molecule has 2 aromatic rings. The topological polar surface area (TPSA) is 60.0 Å². The van der Waals surface area contributed by atoms with Gasteiger partial charge in [-0.05, 0) is 70.7 Å². The lowest BCUT2D eigenvalue weighted by Gasteiger charge is -2.41. The van der Waals surface area contributed by atoms with Crippen LogP contribution in [0.15, 0.2) is 60.7 Å². The summed E-state index contributed by atoms with van der Waals surface area (Å²) in [6, 6.07) is 20.8. The normalized spacial score (nSPS) is 19.3. The summed E-state index contributed by atoms with van der Waals surface area (Å²) in [5.41, 5.74) is 1.69. The molecule has 0 atom stereocenters. The number of rotatable bonds is 4. The Bertz CT molecular complexity index is 897. The third-order valence-corrected chi connectivity index (χ3v) is 7.02. The molecule has 35 heavy (non-hydrogen) atoms. The number of likely N-dealkylation sites (tertiary alicyclic amines) is 1. The number of hydrogen-bond donors (Lipinski definition) is 1. The summed E-state index contributed by atoms with van der Waals surface area (Å²) in [6.45, 7) is 9.05. The fourth-order valence-electron chi connectivity index (χ4n) is 4.91. The zero-order chi connectivity index (χ0) is 25.4. The Kier molecular flexibility index (Phi) is 9.34. The highest BCUT2D eigenvalue weighted by Gasteiger charge is 2.38. The van der Waals surface area contributed by atoms with E-state index < -0.39 is 5.60 Å². The number of nitrogens with zero attached hydrogens (tertiary/aromatic N) is 1. The molecule has 192 valence electrons. The van der Waals surface area contributed by atoms with Crippen LogP contribution in [-0.4, -0.2) is 57.0 Å². The summed E-state index contributed by atoms with van der Waals surface area (Å²) in [4.78, 5) is 13.9. The van der Waals surface area contributed by atoms with Crippen LogP contribution in [0.5, 0.6) is 0 Å². The van der Waals surface area contributed by atoms with Crippen LogP contribution in [0.1, 0.15) is 57.6 Å². The standard InChI is InChI=1S/C17H25NO3.C12H17NO/c1-16(2,3)21-15(19)18-12-10-17(20-4,11-13-18)14-8-6-5-7-9-14;1-14-12(7-9-13-10-8-12)11-5-3-2-4-6-11/h5-9H,10-13H2,1-4H3;2-6,13H,7-10H2,1H3. The molecule has 6 nitrogen and oxygen atoms in total. The minimum Gasteiger partial charge on any atom is -0.444 e. The molecule has 2 aromatic carbocycles. The molecule has 1 N–H and O–H groups in total. The number of benzene rings is 2. The van der Waals surface area contributed by atoms with Crippen LogP contribution in [0.25, 0.3) is 0 Å². The third kappa shape index (κ3) is 7.06. The molecule has 0 spiro atoms. The van der Waals surface area contributed by atoms with E-state index in [0.717, 1.165) is 38.8 Å². The average molecular weight is 483 g/mol. The number of carbonyl (C=O) groups is 1. The van der Waals surface area contributed by atoms with Crippen molar-refractivity contribution in [2.24, 2.45) is 0 Å². The maximum Gasteiger partial charge on any atom is 0.410 e. The first-order valence-electron chi connectivity index (χ1n) is 12.6. The third-order valence-electron chi connectivity index (χ3n) is 7.02. The summed E-state index contributed by atoms with van der Waals surface area (Å²) >= 11 is 0. The van der Waals surface area contributed by atoms with Crippen LogP contribution in [-0.2, 0) is 25.4 Å². The Balaban J connectivity index is 0.000000211. The molecule has 0 saturated carbocycles. The lowest BCUT2D eigenvalue weighted by molar-refractivity contribution is -0.0650. The fraction of sp³-hybridized carbons (Fsp3) is 0.552. The molecular formula is C29H42N2O4. The zero-order valence-electron chi connectivity index (χ0n) is 22.0. The molecule has 0 unspecified atom stereocenters. The average Bonchev–Trinajstić information content (AvgIpc) is 2.89. The van der Waals surface area contributed by atoms with E-state index in [9.17, 15) is 4.79 Å². The van der Waals surface area contributed by atoms with Gasteiger partial charge in [0.15, 0.2) is 0 Å². The number of amides is 1. The van der Waals surface area contributed by atoms with E-state index in [1.807, 2.05) is 52.1 Å². The van der Waals surface area contributed by atoms with Crippen LogP contribution in [0, 0.1) is 0 Å². The van der Waals surface area contributed by atoms with E-state index in [2.05, 4.69) is 41.7 Å². The Morgan fingerprint density at radius 2 is 1.20 bits per heavy atom. The lowest BCUT2D eigenvalue weighted by Crippen LogP contribution is -2.47. The molecular weight excluding hydrogens is 440 g/mol. The van der Waals surface area contributed by atoms with E-state index >= 15 is 0 Å². The fourth-order valence-corrected chi connectivity index (χ4v) is 4.91. The molecule has 2 aliphatic heterocycles. The van der Waals surface area contributed by atoms with Gasteiger partial charge in [-0.2, -0.15) is 0 Å². The SMILES string of the molecule is COC1(c2ccccc2)CCN(C(=O)OC(C)(C)C)CC1.COC1(c2ccccc2)CCNCC1. The predicted octanol–water partition coefficient (Wildman–Crippen LogP) is 5.47. The number of hydrogen-bond acceptors (Lipinski definition) is 5. The smallest absolute Gasteiger partial charge is 0.410 e. The first kappa shape index (κ1) is 27.2. The van der Waals surface area contributed by atoms with Crippen LogP contribution in [0.4, 0.5) is 4.79 Å². The van der Waals surface area contributed by atoms with Gasteiger partial charge in [0.2, 0.25) is 0 Å². The van der Waals surface area contributed by atoms with Gasteiger partial charge in [0.25, 0.3) is 0 Å².